The van der Waals surface area contributed by atoms with Gasteiger partial charge in [-0.1, -0.05) is 18.6 Å². The molecular weight excluding hydrogens is 494 g/mol. The number of nitrogens with two attached hydrogens (primary N) is 2. The third kappa shape index (κ3) is 4.16. The Hall–Kier alpha value is -4.08. The molecule has 9 nitrogen and oxygen atoms in total. The van der Waals surface area contributed by atoms with Gasteiger partial charge in [0.1, 0.15) is 29.0 Å². The van der Waals surface area contributed by atoms with Gasteiger partial charge in [-0.25, -0.2) is 9.59 Å². The van der Waals surface area contributed by atoms with Gasteiger partial charge in [-0.05, 0) is 61.9 Å². The van der Waals surface area contributed by atoms with Gasteiger partial charge in [-0.15, -0.1) is 0 Å². The minimum absolute atomic E-state index is 0.0352. The van der Waals surface area contributed by atoms with E-state index in [4.69, 9.17) is 37.9 Å². The van der Waals surface area contributed by atoms with Crippen molar-refractivity contribution >= 4 is 35.0 Å². The molecule has 2 heterocycles. The van der Waals surface area contributed by atoms with Gasteiger partial charge in [0.15, 0.2) is 5.60 Å². The van der Waals surface area contributed by atoms with Crippen molar-refractivity contribution in [3.63, 3.8) is 0 Å². The van der Waals surface area contributed by atoms with Gasteiger partial charge in [0.25, 0.3) is 0 Å². The summed E-state index contributed by atoms with van der Waals surface area (Å²) in [6.45, 7) is 0.524. The van der Waals surface area contributed by atoms with Crippen LogP contribution in [0, 0.1) is 0 Å². The van der Waals surface area contributed by atoms with E-state index in [1.807, 2.05) is 0 Å². The fraction of sp³-hybridized carbons (Fsp3) is 0.222. The van der Waals surface area contributed by atoms with Gasteiger partial charge in [0.2, 0.25) is 0 Å². The normalized spacial score (nSPS) is 17.5. The third-order valence-corrected chi connectivity index (χ3v) is 6.52. The van der Waals surface area contributed by atoms with Crippen molar-refractivity contribution in [3.8, 4) is 23.0 Å². The predicted octanol–water partition coefficient (Wildman–Crippen LogP) is 4.06. The summed E-state index contributed by atoms with van der Waals surface area (Å²) in [5, 5.41) is 12.4. The zero-order chi connectivity index (χ0) is 26.2. The number of esters is 2. The number of phenolic OH excluding ortho intramolecular Hbond substituents is 1. The van der Waals surface area contributed by atoms with Crippen LogP contribution >= 0.6 is 12.2 Å². The lowest BCUT2D eigenvalue weighted by Gasteiger charge is -2.36. The number of fused-ring (bicyclic) bond motifs is 6. The summed E-state index contributed by atoms with van der Waals surface area (Å²) in [5.41, 5.74) is 12.2. The molecule has 1 spiro atoms. The topological polar surface area (TPSA) is 146 Å². The van der Waals surface area contributed by atoms with Crippen LogP contribution in [0.2, 0.25) is 0 Å². The molecular formula is C27H23N3O6S. The molecule has 0 bridgehead atoms. The summed E-state index contributed by atoms with van der Waals surface area (Å²) < 4.78 is 17.7. The summed E-state index contributed by atoms with van der Waals surface area (Å²) >= 11 is 4.76. The maximum absolute atomic E-state index is 13.2. The zero-order valence-electron chi connectivity index (χ0n) is 19.6. The predicted molar refractivity (Wildman–Crippen MR) is 138 cm³/mol. The van der Waals surface area contributed by atoms with E-state index in [9.17, 15) is 14.7 Å². The summed E-state index contributed by atoms with van der Waals surface area (Å²) in [4.78, 5) is 29.8. The minimum atomic E-state index is -1.39. The van der Waals surface area contributed by atoms with E-state index >= 15 is 0 Å². The molecule has 3 aromatic carbocycles. The van der Waals surface area contributed by atoms with E-state index in [-0.39, 0.29) is 28.6 Å². The highest BCUT2D eigenvalue weighted by atomic mass is 32.1. The molecule has 5 rings (SSSR count). The number of nitrogens with zero attached hydrogens (tertiary/aromatic N) is 1. The molecule has 0 aromatic heterocycles. The van der Waals surface area contributed by atoms with Crippen LogP contribution in [0.1, 0.15) is 46.3 Å². The molecule has 5 N–H and O–H groups in total. The summed E-state index contributed by atoms with van der Waals surface area (Å²) in [6, 6.07) is 13.7. The van der Waals surface area contributed by atoms with E-state index in [2.05, 4.69) is 10.2 Å². The number of hydrogen-bond donors (Lipinski definition) is 3. The first kappa shape index (κ1) is 24.6. The Labute approximate surface area is 217 Å². The second-order valence-electron chi connectivity index (χ2n) is 8.73. The standard InChI is InChI=1S/C27H23N3O6S/c28-11-2-1-5-20(29)25(32)34-16-8-10-18-23(13-16)35-22-12-15(31)7-9-17(22)27(18)19-4-3-6-21(30-14-37)24(19)26(33)36-27/h3-4,6-10,12-13,20,31H,1-2,5,11,28-29H2/t20-,27?/m0/s1. The highest BCUT2D eigenvalue weighted by Gasteiger charge is 2.54. The summed E-state index contributed by atoms with van der Waals surface area (Å²) in [6.07, 6.45) is 1.93. The molecule has 1 unspecified atom stereocenters. The first-order chi connectivity index (χ1) is 17.9. The van der Waals surface area contributed by atoms with Crippen LogP contribution in [0.25, 0.3) is 0 Å². The SMILES string of the molecule is NCCCC[C@H](N)C(=O)Oc1ccc2c(c1)Oc1cc(O)ccc1C21OC(=O)c2c(N=C=S)cccc21. The Balaban J connectivity index is 1.60. The van der Waals surface area contributed by atoms with E-state index in [0.717, 1.165) is 6.42 Å². The number of aromatic hydroxyl groups is 1. The van der Waals surface area contributed by atoms with Crippen LogP contribution in [-0.4, -0.2) is 34.8 Å². The van der Waals surface area contributed by atoms with Crippen molar-refractivity contribution in [2.24, 2.45) is 16.5 Å². The highest BCUT2D eigenvalue weighted by Crippen LogP contribution is 2.58. The number of benzene rings is 3. The number of rotatable bonds is 7. The van der Waals surface area contributed by atoms with Crippen molar-refractivity contribution in [1.82, 2.24) is 0 Å². The number of carbonyl (C=O) groups is 2. The van der Waals surface area contributed by atoms with Crippen molar-refractivity contribution < 1.29 is 28.9 Å². The Morgan fingerprint density at radius 2 is 1.86 bits per heavy atom. The molecule has 0 saturated carbocycles. The number of ether oxygens (including phenoxy) is 3. The number of isothiocyanates is 1. The van der Waals surface area contributed by atoms with Crippen LogP contribution < -0.4 is 20.9 Å². The number of unbranched alkanes of at least 4 members (excludes halogenated alkanes) is 1. The second kappa shape index (κ2) is 9.76. The molecule has 0 fully saturated rings. The van der Waals surface area contributed by atoms with Crippen LogP contribution in [-0.2, 0) is 15.1 Å². The second-order valence-corrected chi connectivity index (χ2v) is 8.91. The Morgan fingerprint density at radius 3 is 2.62 bits per heavy atom. The van der Waals surface area contributed by atoms with Crippen molar-refractivity contribution in [2.75, 3.05) is 6.54 Å². The van der Waals surface area contributed by atoms with E-state index in [0.29, 0.717) is 41.8 Å². The van der Waals surface area contributed by atoms with Crippen LogP contribution in [0.3, 0.4) is 0 Å². The largest absolute Gasteiger partial charge is 0.508 e. The van der Waals surface area contributed by atoms with E-state index < -0.39 is 23.6 Å². The van der Waals surface area contributed by atoms with Crippen molar-refractivity contribution in [1.29, 1.82) is 0 Å². The molecule has 2 aliphatic rings. The highest BCUT2D eigenvalue weighted by molar-refractivity contribution is 7.78. The van der Waals surface area contributed by atoms with E-state index in [1.54, 1.807) is 36.4 Å². The number of phenols is 1. The lowest BCUT2D eigenvalue weighted by molar-refractivity contribution is -0.136. The lowest BCUT2D eigenvalue weighted by atomic mass is 9.77. The maximum atomic E-state index is 13.2. The molecule has 0 aliphatic carbocycles. The van der Waals surface area contributed by atoms with Gasteiger partial charge < -0.3 is 30.8 Å². The zero-order valence-corrected chi connectivity index (χ0v) is 20.4. The molecule has 188 valence electrons. The molecule has 3 aromatic rings. The van der Waals surface area contributed by atoms with Crippen molar-refractivity contribution in [2.45, 2.75) is 30.9 Å². The number of aliphatic imine (C=N–C) groups is 1. The van der Waals surface area contributed by atoms with Crippen LogP contribution in [0.4, 0.5) is 5.69 Å². The Morgan fingerprint density at radius 1 is 1.11 bits per heavy atom. The molecule has 0 amide bonds. The summed E-state index contributed by atoms with van der Waals surface area (Å²) in [7, 11) is 0. The summed E-state index contributed by atoms with van der Waals surface area (Å²) in [5.74, 6) is -0.443. The molecule has 0 radical (unpaired) electrons. The van der Waals surface area contributed by atoms with Gasteiger partial charge >= 0.3 is 11.9 Å². The third-order valence-electron chi connectivity index (χ3n) is 6.42. The number of thiocarbonyl (C=S) groups is 1. The molecule has 2 atom stereocenters. The first-order valence-electron chi connectivity index (χ1n) is 11.7. The maximum Gasteiger partial charge on any atom is 0.342 e. The number of carbonyl (C=O) groups excluding carboxylic acids is 2. The first-order valence-corrected chi connectivity index (χ1v) is 12.1. The van der Waals surface area contributed by atoms with Crippen LogP contribution in [0.15, 0.2) is 59.6 Å². The average Bonchev–Trinajstić information content (AvgIpc) is 3.17. The fourth-order valence-electron chi connectivity index (χ4n) is 4.75. The Kier molecular flexibility index (Phi) is 6.49. The molecule has 2 aliphatic heterocycles. The van der Waals surface area contributed by atoms with Gasteiger partial charge in [-0.2, -0.15) is 4.99 Å². The van der Waals surface area contributed by atoms with E-state index in [1.165, 1.54) is 18.2 Å². The Bertz CT molecular complexity index is 1470. The van der Waals surface area contributed by atoms with Gasteiger partial charge in [0, 0.05) is 28.8 Å². The average molecular weight is 518 g/mol. The lowest BCUT2D eigenvalue weighted by Crippen LogP contribution is -2.34. The van der Waals surface area contributed by atoms with Crippen LogP contribution in [0.5, 0.6) is 23.0 Å². The smallest absolute Gasteiger partial charge is 0.342 e. The quantitative estimate of drug-likeness (QED) is 0.139. The minimum Gasteiger partial charge on any atom is -0.508 e. The van der Waals surface area contributed by atoms with Gasteiger partial charge in [0.05, 0.1) is 16.4 Å². The van der Waals surface area contributed by atoms with Crippen molar-refractivity contribution in [3.05, 3.63) is 76.9 Å². The number of hydrogen-bond acceptors (Lipinski definition) is 10. The van der Waals surface area contributed by atoms with Gasteiger partial charge in [-0.3, -0.25) is 0 Å². The monoisotopic (exact) mass is 517 g/mol. The fourth-order valence-corrected chi connectivity index (χ4v) is 4.84. The molecule has 10 heteroatoms. The molecule has 0 saturated heterocycles. The molecule has 37 heavy (non-hydrogen) atoms.